The first-order valence-electron chi connectivity index (χ1n) is 7.33. The third-order valence-corrected chi connectivity index (χ3v) is 5.78. The van der Waals surface area contributed by atoms with Gasteiger partial charge in [-0.1, -0.05) is 12.8 Å². The maximum absolute atomic E-state index is 12.3. The Kier molecular flexibility index (Phi) is 2.10. The molecule has 18 heavy (non-hydrogen) atoms. The van der Waals surface area contributed by atoms with Gasteiger partial charge in [0.2, 0.25) is 11.8 Å². The van der Waals surface area contributed by atoms with Crippen molar-refractivity contribution in [3.8, 4) is 0 Å². The number of hydrogen-bond acceptors (Lipinski definition) is 2. The van der Waals surface area contributed by atoms with Crippen LogP contribution in [-0.2, 0) is 9.59 Å². The minimum Gasteiger partial charge on any atom is -0.336 e. The number of fused-ring (bicyclic) bond motifs is 1. The second-order valence-corrected chi connectivity index (χ2v) is 6.33. The average molecular weight is 248 g/mol. The number of hydrogen-bond donors (Lipinski definition) is 0. The van der Waals surface area contributed by atoms with Crippen molar-refractivity contribution in [1.82, 2.24) is 9.80 Å². The van der Waals surface area contributed by atoms with Gasteiger partial charge in [0, 0.05) is 25.9 Å². The smallest absolute Gasteiger partial charge is 0.223 e. The zero-order valence-electron chi connectivity index (χ0n) is 10.7. The Morgan fingerprint density at radius 1 is 1.06 bits per heavy atom. The van der Waals surface area contributed by atoms with Crippen LogP contribution in [0.2, 0.25) is 0 Å². The lowest BCUT2D eigenvalue weighted by Gasteiger charge is -2.55. The average Bonchev–Trinajstić information content (AvgIpc) is 2.88. The van der Waals surface area contributed by atoms with Gasteiger partial charge in [-0.05, 0) is 25.2 Å². The molecule has 0 bridgehead atoms. The van der Waals surface area contributed by atoms with Gasteiger partial charge in [0.05, 0.1) is 11.6 Å². The number of carbonyl (C=O) groups is 2. The Morgan fingerprint density at radius 3 is 2.83 bits per heavy atom. The van der Waals surface area contributed by atoms with Gasteiger partial charge in [0.25, 0.3) is 0 Å². The van der Waals surface area contributed by atoms with E-state index in [9.17, 15) is 9.59 Å². The molecule has 0 radical (unpaired) electrons. The maximum atomic E-state index is 12.3. The van der Waals surface area contributed by atoms with E-state index in [2.05, 4.69) is 9.80 Å². The van der Waals surface area contributed by atoms with E-state index < -0.39 is 0 Å². The Morgan fingerprint density at radius 2 is 1.94 bits per heavy atom. The van der Waals surface area contributed by atoms with E-state index in [0.717, 1.165) is 32.4 Å². The molecule has 0 aromatic rings. The first kappa shape index (κ1) is 10.8. The summed E-state index contributed by atoms with van der Waals surface area (Å²) in [5.74, 6) is 1.18. The fourth-order valence-electron chi connectivity index (χ4n) is 5.13. The van der Waals surface area contributed by atoms with Crippen molar-refractivity contribution in [2.45, 2.75) is 56.5 Å². The topological polar surface area (TPSA) is 40.6 Å². The van der Waals surface area contributed by atoms with Crippen LogP contribution in [-0.4, -0.2) is 46.3 Å². The fraction of sp³-hybridized carbons (Fsp3) is 0.857. The van der Waals surface area contributed by atoms with Crippen LogP contribution in [0.1, 0.15) is 44.9 Å². The van der Waals surface area contributed by atoms with Gasteiger partial charge in [-0.2, -0.15) is 0 Å². The highest BCUT2D eigenvalue weighted by molar-refractivity contribution is 5.84. The molecule has 1 unspecified atom stereocenters. The number of nitrogens with zero attached hydrogens (tertiary/aromatic N) is 2. The van der Waals surface area contributed by atoms with Gasteiger partial charge in [0.15, 0.2) is 0 Å². The third kappa shape index (κ3) is 1.12. The van der Waals surface area contributed by atoms with Crippen LogP contribution in [0.4, 0.5) is 0 Å². The second-order valence-electron chi connectivity index (χ2n) is 6.33. The lowest BCUT2D eigenvalue weighted by molar-refractivity contribution is -0.146. The molecule has 1 aliphatic carbocycles. The van der Waals surface area contributed by atoms with Crippen LogP contribution in [0.15, 0.2) is 0 Å². The molecule has 1 saturated carbocycles. The Balaban J connectivity index is 1.79. The summed E-state index contributed by atoms with van der Waals surface area (Å²) in [5, 5.41) is 0. The van der Waals surface area contributed by atoms with Crippen LogP contribution in [0.25, 0.3) is 0 Å². The first-order valence-corrected chi connectivity index (χ1v) is 7.33. The normalized spacial score (nSPS) is 42.9. The molecule has 1 spiro atoms. The van der Waals surface area contributed by atoms with Crippen molar-refractivity contribution in [1.29, 1.82) is 0 Å². The molecule has 3 aliphatic heterocycles. The van der Waals surface area contributed by atoms with Gasteiger partial charge in [-0.3, -0.25) is 9.59 Å². The standard InChI is InChI=1S/C14H20N2O2/c17-12-5-4-11-14-6-2-1-3-10(14)9-13(18)16(14)8-7-15(11)12/h10-11H,1-9H2/t10?,11-,14-/m0/s1. The molecule has 0 N–H and O–H groups in total. The Bertz CT molecular complexity index is 422. The molecule has 0 aromatic heterocycles. The van der Waals surface area contributed by atoms with Crippen molar-refractivity contribution in [3.63, 3.8) is 0 Å². The van der Waals surface area contributed by atoms with Crippen molar-refractivity contribution in [2.24, 2.45) is 5.92 Å². The fourth-order valence-corrected chi connectivity index (χ4v) is 5.13. The van der Waals surface area contributed by atoms with E-state index in [0.29, 0.717) is 30.2 Å². The molecule has 3 heterocycles. The molecule has 4 fully saturated rings. The molecule has 4 nitrogen and oxygen atoms in total. The number of carbonyl (C=O) groups excluding carboxylic acids is 2. The molecule has 2 amide bonds. The second kappa shape index (κ2) is 3.49. The molecule has 3 atom stereocenters. The van der Waals surface area contributed by atoms with Crippen LogP contribution in [0.5, 0.6) is 0 Å². The van der Waals surface area contributed by atoms with Crippen molar-refractivity contribution in [3.05, 3.63) is 0 Å². The number of piperazine rings is 1. The first-order chi connectivity index (χ1) is 8.73. The predicted octanol–water partition coefficient (Wildman–Crippen LogP) is 1.15. The van der Waals surface area contributed by atoms with E-state index in [1.807, 2.05) is 0 Å². The van der Waals surface area contributed by atoms with E-state index >= 15 is 0 Å². The molecule has 98 valence electrons. The zero-order valence-corrected chi connectivity index (χ0v) is 10.7. The number of amides is 2. The molecule has 0 aromatic carbocycles. The summed E-state index contributed by atoms with van der Waals surface area (Å²) in [4.78, 5) is 28.5. The Hall–Kier alpha value is -1.06. The van der Waals surface area contributed by atoms with E-state index in [1.165, 1.54) is 19.3 Å². The summed E-state index contributed by atoms with van der Waals surface area (Å²) in [6, 6.07) is 0.329. The van der Waals surface area contributed by atoms with E-state index in [-0.39, 0.29) is 5.54 Å². The predicted molar refractivity (Wildman–Crippen MR) is 65.8 cm³/mol. The molecular weight excluding hydrogens is 228 g/mol. The largest absolute Gasteiger partial charge is 0.336 e. The van der Waals surface area contributed by atoms with E-state index in [4.69, 9.17) is 0 Å². The zero-order chi connectivity index (χ0) is 12.3. The minimum absolute atomic E-state index is 0.0275. The van der Waals surface area contributed by atoms with Gasteiger partial charge in [-0.15, -0.1) is 0 Å². The Labute approximate surface area is 107 Å². The van der Waals surface area contributed by atoms with Crippen molar-refractivity contribution < 1.29 is 9.59 Å². The van der Waals surface area contributed by atoms with Gasteiger partial charge in [0.1, 0.15) is 0 Å². The van der Waals surface area contributed by atoms with Gasteiger partial charge < -0.3 is 9.80 Å². The minimum atomic E-state index is 0.0275. The molecule has 4 rings (SSSR count). The highest BCUT2D eigenvalue weighted by Crippen LogP contribution is 2.52. The summed E-state index contributed by atoms with van der Waals surface area (Å²) < 4.78 is 0. The van der Waals surface area contributed by atoms with Crippen LogP contribution in [0, 0.1) is 5.92 Å². The summed E-state index contributed by atoms with van der Waals surface area (Å²) in [6.45, 7) is 1.54. The molecule has 3 saturated heterocycles. The summed E-state index contributed by atoms with van der Waals surface area (Å²) in [7, 11) is 0. The summed E-state index contributed by atoms with van der Waals surface area (Å²) >= 11 is 0. The third-order valence-electron chi connectivity index (χ3n) is 5.78. The lowest BCUT2D eigenvalue weighted by atomic mass is 9.67. The quantitative estimate of drug-likeness (QED) is 0.645. The van der Waals surface area contributed by atoms with Crippen molar-refractivity contribution in [2.75, 3.05) is 13.1 Å². The molecule has 4 aliphatic rings. The highest BCUT2D eigenvalue weighted by Gasteiger charge is 2.62. The van der Waals surface area contributed by atoms with Crippen LogP contribution in [0.3, 0.4) is 0 Å². The maximum Gasteiger partial charge on any atom is 0.223 e. The van der Waals surface area contributed by atoms with E-state index in [1.54, 1.807) is 0 Å². The molecule has 4 heteroatoms. The monoisotopic (exact) mass is 248 g/mol. The SMILES string of the molecule is O=C1CC[C@@H]2N1CCN1C(=O)CC3CCCC[C@]321. The summed E-state index contributed by atoms with van der Waals surface area (Å²) in [6.07, 6.45) is 7.18. The van der Waals surface area contributed by atoms with Crippen LogP contribution < -0.4 is 0 Å². The summed E-state index contributed by atoms with van der Waals surface area (Å²) in [5.41, 5.74) is 0.0275. The van der Waals surface area contributed by atoms with Crippen molar-refractivity contribution >= 4 is 11.8 Å². The molecular formula is C14H20N2O2. The van der Waals surface area contributed by atoms with Crippen LogP contribution >= 0.6 is 0 Å². The lowest BCUT2D eigenvalue weighted by Crippen LogP contribution is -2.67. The highest BCUT2D eigenvalue weighted by atomic mass is 16.2. The van der Waals surface area contributed by atoms with Gasteiger partial charge >= 0.3 is 0 Å². The van der Waals surface area contributed by atoms with Gasteiger partial charge in [-0.25, -0.2) is 0 Å². The number of rotatable bonds is 0.